The highest BCUT2D eigenvalue weighted by atomic mass is 16.1. The van der Waals surface area contributed by atoms with Crippen molar-refractivity contribution in [1.82, 2.24) is 0 Å². The van der Waals surface area contributed by atoms with E-state index in [0.717, 1.165) is 19.3 Å². The van der Waals surface area contributed by atoms with Crippen LogP contribution in [-0.2, 0) is 10.2 Å². The highest BCUT2D eigenvalue weighted by molar-refractivity contribution is 5.91. The van der Waals surface area contributed by atoms with Crippen molar-refractivity contribution in [2.75, 3.05) is 0 Å². The highest BCUT2D eigenvalue weighted by Gasteiger charge is 2.39. The zero-order valence-corrected chi connectivity index (χ0v) is 8.84. The van der Waals surface area contributed by atoms with Crippen molar-refractivity contribution in [3.05, 3.63) is 35.4 Å². The normalized spacial score (nSPS) is 26.9. The molecular formula is C13H16O. The van der Waals surface area contributed by atoms with Crippen molar-refractivity contribution < 1.29 is 4.79 Å². The number of hydrogen-bond donors (Lipinski definition) is 0. The number of hydrogen-bond acceptors (Lipinski definition) is 1. The van der Waals surface area contributed by atoms with E-state index in [-0.39, 0.29) is 5.41 Å². The molecule has 0 amide bonds. The van der Waals surface area contributed by atoms with Gasteiger partial charge in [0.25, 0.3) is 0 Å². The third kappa shape index (κ3) is 1.28. The summed E-state index contributed by atoms with van der Waals surface area (Å²) in [6.07, 6.45) is 2.81. The van der Waals surface area contributed by atoms with Crippen LogP contribution >= 0.6 is 0 Å². The Kier molecular flexibility index (Phi) is 2.18. The molecule has 0 unspecified atom stereocenters. The molecular weight excluding hydrogens is 172 g/mol. The molecule has 1 fully saturated rings. The van der Waals surface area contributed by atoms with Crippen LogP contribution in [0.5, 0.6) is 0 Å². The summed E-state index contributed by atoms with van der Waals surface area (Å²) in [6, 6.07) is 8.24. The fourth-order valence-corrected chi connectivity index (χ4v) is 2.49. The van der Waals surface area contributed by atoms with Crippen molar-refractivity contribution in [3.63, 3.8) is 0 Å². The molecule has 0 saturated heterocycles. The van der Waals surface area contributed by atoms with Crippen LogP contribution in [0.25, 0.3) is 0 Å². The summed E-state index contributed by atoms with van der Waals surface area (Å²) >= 11 is 0. The van der Waals surface area contributed by atoms with E-state index in [1.54, 1.807) is 0 Å². The molecule has 0 spiro atoms. The van der Waals surface area contributed by atoms with Crippen LogP contribution in [0, 0.1) is 6.92 Å². The number of ketones is 1. The molecule has 1 aliphatic carbocycles. The second-order valence-corrected chi connectivity index (χ2v) is 4.42. The van der Waals surface area contributed by atoms with Gasteiger partial charge in [0.1, 0.15) is 5.78 Å². The molecule has 1 nitrogen and oxygen atoms in total. The van der Waals surface area contributed by atoms with E-state index in [4.69, 9.17) is 0 Å². The first-order valence-corrected chi connectivity index (χ1v) is 5.24. The van der Waals surface area contributed by atoms with Gasteiger partial charge in [-0.1, -0.05) is 24.3 Å². The first-order chi connectivity index (χ1) is 6.64. The van der Waals surface area contributed by atoms with Crippen LogP contribution in [0.4, 0.5) is 0 Å². The fourth-order valence-electron chi connectivity index (χ4n) is 2.49. The molecule has 0 radical (unpaired) electrons. The second kappa shape index (κ2) is 3.23. The summed E-state index contributed by atoms with van der Waals surface area (Å²) in [5, 5.41) is 0. The van der Waals surface area contributed by atoms with Crippen LogP contribution in [0.1, 0.15) is 37.3 Å². The van der Waals surface area contributed by atoms with E-state index in [0.29, 0.717) is 5.78 Å². The Hall–Kier alpha value is -1.11. The molecule has 2 rings (SSSR count). The minimum absolute atomic E-state index is 0.203. The van der Waals surface area contributed by atoms with Crippen molar-refractivity contribution in [3.8, 4) is 0 Å². The second-order valence-electron chi connectivity index (χ2n) is 4.42. The molecule has 0 aromatic heterocycles. The lowest BCUT2D eigenvalue weighted by Crippen LogP contribution is -2.27. The maximum Gasteiger partial charge on any atom is 0.143 e. The lowest BCUT2D eigenvalue weighted by Gasteiger charge is -2.24. The summed E-state index contributed by atoms with van der Waals surface area (Å²) in [6.45, 7) is 4.18. The van der Waals surface area contributed by atoms with Crippen LogP contribution in [0.3, 0.4) is 0 Å². The Morgan fingerprint density at radius 1 is 1.29 bits per heavy atom. The molecule has 0 aliphatic heterocycles. The van der Waals surface area contributed by atoms with Gasteiger partial charge in [-0.2, -0.15) is 0 Å². The minimum Gasteiger partial charge on any atom is -0.299 e. The third-order valence-corrected chi connectivity index (χ3v) is 3.44. The minimum atomic E-state index is -0.203. The lowest BCUT2D eigenvalue weighted by atomic mass is 9.78. The highest BCUT2D eigenvalue weighted by Crippen LogP contribution is 2.38. The van der Waals surface area contributed by atoms with Gasteiger partial charge in [0.2, 0.25) is 0 Å². The summed E-state index contributed by atoms with van der Waals surface area (Å²) < 4.78 is 0. The molecule has 0 heterocycles. The van der Waals surface area contributed by atoms with Gasteiger partial charge in [0, 0.05) is 6.42 Å². The standard InChI is InChI=1S/C13H16O/c1-10-6-3-4-7-11(10)13(2)9-5-8-12(13)14/h3-4,6-7H,5,8-9H2,1-2H3/t13-/m1/s1. The molecule has 0 bridgehead atoms. The molecule has 1 aliphatic rings. The van der Waals surface area contributed by atoms with Crippen LogP contribution in [0.2, 0.25) is 0 Å². The monoisotopic (exact) mass is 188 g/mol. The Bertz CT molecular complexity index is 367. The number of carbonyl (C=O) groups excluding carboxylic acids is 1. The number of rotatable bonds is 1. The van der Waals surface area contributed by atoms with Gasteiger partial charge in [-0.15, -0.1) is 0 Å². The quantitative estimate of drug-likeness (QED) is 0.662. The zero-order valence-electron chi connectivity index (χ0n) is 8.84. The molecule has 1 heteroatoms. The topological polar surface area (TPSA) is 17.1 Å². The van der Waals surface area contributed by atoms with Crippen molar-refractivity contribution in [2.45, 2.75) is 38.5 Å². The van der Waals surface area contributed by atoms with Crippen LogP contribution in [0.15, 0.2) is 24.3 Å². The molecule has 1 aromatic carbocycles. The SMILES string of the molecule is Cc1ccccc1[C@@]1(C)CCCC1=O. The summed E-state index contributed by atoms with van der Waals surface area (Å²) in [5.41, 5.74) is 2.26. The Labute approximate surface area is 85.1 Å². The average Bonchev–Trinajstić information content (AvgIpc) is 2.49. The van der Waals surface area contributed by atoms with E-state index in [1.807, 2.05) is 12.1 Å². The molecule has 1 saturated carbocycles. The molecule has 0 N–H and O–H groups in total. The summed E-state index contributed by atoms with van der Waals surface area (Å²) in [7, 11) is 0. The van der Waals surface area contributed by atoms with Crippen molar-refractivity contribution >= 4 is 5.78 Å². The van der Waals surface area contributed by atoms with Crippen LogP contribution in [-0.4, -0.2) is 5.78 Å². The van der Waals surface area contributed by atoms with Gasteiger partial charge >= 0.3 is 0 Å². The van der Waals surface area contributed by atoms with Crippen molar-refractivity contribution in [2.24, 2.45) is 0 Å². The maximum absolute atomic E-state index is 11.8. The Morgan fingerprint density at radius 2 is 2.00 bits per heavy atom. The zero-order chi connectivity index (χ0) is 10.2. The number of aryl methyl sites for hydroxylation is 1. The van der Waals surface area contributed by atoms with Gasteiger partial charge in [0.05, 0.1) is 5.41 Å². The van der Waals surface area contributed by atoms with Gasteiger partial charge in [-0.05, 0) is 37.8 Å². The average molecular weight is 188 g/mol. The fraction of sp³-hybridized carbons (Fsp3) is 0.462. The summed E-state index contributed by atoms with van der Waals surface area (Å²) in [5.74, 6) is 0.409. The largest absolute Gasteiger partial charge is 0.299 e. The molecule has 14 heavy (non-hydrogen) atoms. The van der Waals surface area contributed by atoms with Crippen molar-refractivity contribution in [1.29, 1.82) is 0 Å². The molecule has 1 aromatic rings. The van der Waals surface area contributed by atoms with E-state index < -0.39 is 0 Å². The lowest BCUT2D eigenvalue weighted by molar-refractivity contribution is -0.121. The smallest absolute Gasteiger partial charge is 0.143 e. The first kappa shape index (κ1) is 9.45. The van der Waals surface area contributed by atoms with E-state index in [9.17, 15) is 4.79 Å². The predicted octanol–water partition coefficient (Wildman–Crippen LogP) is 3.01. The van der Waals surface area contributed by atoms with Gasteiger partial charge in [-0.25, -0.2) is 0 Å². The predicted molar refractivity (Wildman–Crippen MR) is 57.4 cm³/mol. The number of benzene rings is 1. The van der Waals surface area contributed by atoms with E-state index in [1.165, 1.54) is 11.1 Å². The van der Waals surface area contributed by atoms with Crippen LogP contribution < -0.4 is 0 Å². The van der Waals surface area contributed by atoms with E-state index in [2.05, 4.69) is 26.0 Å². The van der Waals surface area contributed by atoms with E-state index >= 15 is 0 Å². The van der Waals surface area contributed by atoms with Gasteiger partial charge < -0.3 is 0 Å². The number of Topliss-reactive ketones (excluding diaryl/α,β-unsaturated/α-hetero) is 1. The summed E-state index contributed by atoms with van der Waals surface area (Å²) in [4.78, 5) is 11.8. The first-order valence-electron chi connectivity index (χ1n) is 5.24. The Morgan fingerprint density at radius 3 is 2.57 bits per heavy atom. The number of carbonyl (C=O) groups is 1. The Balaban J connectivity index is 2.48. The maximum atomic E-state index is 11.8. The third-order valence-electron chi connectivity index (χ3n) is 3.44. The molecule has 74 valence electrons. The van der Waals surface area contributed by atoms with Gasteiger partial charge in [0.15, 0.2) is 0 Å². The van der Waals surface area contributed by atoms with Gasteiger partial charge in [-0.3, -0.25) is 4.79 Å². The molecule has 1 atom stereocenters.